The lowest BCUT2D eigenvalue weighted by Crippen LogP contribution is -2.36. The van der Waals surface area contributed by atoms with Crippen LogP contribution in [0.3, 0.4) is 0 Å². The molecule has 0 saturated heterocycles. The molecule has 6 nitrogen and oxygen atoms in total. The van der Waals surface area contributed by atoms with Crippen LogP contribution in [0, 0.1) is 25.2 Å². The van der Waals surface area contributed by atoms with Gasteiger partial charge in [0.15, 0.2) is 0 Å². The molecule has 0 radical (unpaired) electrons. The first-order valence-electron chi connectivity index (χ1n) is 10.5. The molecule has 0 spiro atoms. The summed E-state index contributed by atoms with van der Waals surface area (Å²) in [6, 6.07) is 16.3. The Hall–Kier alpha value is -3.56. The van der Waals surface area contributed by atoms with Gasteiger partial charge in [-0.05, 0) is 49.1 Å². The number of nitrogens with zero attached hydrogens (tertiary/aromatic N) is 3. The molecule has 0 unspecified atom stereocenters. The molecule has 1 aliphatic heterocycles. The predicted molar refractivity (Wildman–Crippen MR) is 121 cm³/mol. The van der Waals surface area contributed by atoms with Gasteiger partial charge in [0.2, 0.25) is 5.91 Å². The number of nitrogens with one attached hydrogen (secondary N) is 1. The van der Waals surface area contributed by atoms with Gasteiger partial charge in [0.05, 0.1) is 24.9 Å². The van der Waals surface area contributed by atoms with E-state index < -0.39 is 0 Å². The second-order valence-electron chi connectivity index (χ2n) is 7.84. The van der Waals surface area contributed by atoms with Crippen LogP contribution in [0.1, 0.15) is 34.6 Å². The number of hydrogen-bond acceptors (Lipinski definition) is 4. The van der Waals surface area contributed by atoms with Crippen LogP contribution in [0.15, 0.2) is 59.2 Å². The number of carbonyl (C=O) groups excluding carboxylic acids is 1. The molecule has 0 atom stereocenters. The highest BCUT2D eigenvalue weighted by atomic mass is 16.3. The first-order valence-corrected chi connectivity index (χ1v) is 10.5. The number of amides is 1. The fraction of sp³-hybridized carbons (Fsp3) is 0.280. The number of benzene rings is 1. The van der Waals surface area contributed by atoms with Gasteiger partial charge in [-0.2, -0.15) is 5.26 Å². The quantitative estimate of drug-likeness (QED) is 0.651. The lowest BCUT2D eigenvalue weighted by molar-refractivity contribution is -0.117. The van der Waals surface area contributed by atoms with Gasteiger partial charge in [-0.1, -0.05) is 36.4 Å². The Balaban J connectivity index is 1.46. The molecule has 0 fully saturated rings. The van der Waals surface area contributed by atoms with E-state index in [-0.39, 0.29) is 12.5 Å². The number of aromatic nitrogens is 1. The minimum Gasteiger partial charge on any atom is -0.467 e. The Bertz CT molecular complexity index is 1130. The summed E-state index contributed by atoms with van der Waals surface area (Å²) < 4.78 is 7.41. The van der Waals surface area contributed by atoms with Crippen LogP contribution in [-0.4, -0.2) is 35.0 Å². The van der Waals surface area contributed by atoms with E-state index in [1.807, 2.05) is 48.7 Å². The van der Waals surface area contributed by atoms with Crippen molar-refractivity contribution in [3.8, 4) is 6.07 Å². The summed E-state index contributed by atoms with van der Waals surface area (Å²) >= 11 is 0. The lowest BCUT2D eigenvalue weighted by atomic mass is 10.00. The number of nitriles is 1. The summed E-state index contributed by atoms with van der Waals surface area (Å²) in [6.07, 6.45) is 4.73. The molecule has 158 valence electrons. The molecule has 0 aliphatic carbocycles. The Morgan fingerprint density at radius 2 is 2.00 bits per heavy atom. The zero-order valence-electron chi connectivity index (χ0n) is 17.9. The molecule has 3 aromatic rings. The maximum Gasteiger partial charge on any atom is 0.239 e. The van der Waals surface area contributed by atoms with Crippen LogP contribution in [0.4, 0.5) is 5.82 Å². The van der Waals surface area contributed by atoms with Gasteiger partial charge in [-0.15, -0.1) is 0 Å². The zero-order valence-corrected chi connectivity index (χ0v) is 17.9. The molecule has 1 amide bonds. The third kappa shape index (κ3) is 4.47. The van der Waals surface area contributed by atoms with E-state index in [0.29, 0.717) is 17.9 Å². The Labute approximate surface area is 182 Å². The number of carbonyl (C=O) groups is 1. The highest BCUT2D eigenvalue weighted by Crippen LogP contribution is 2.28. The number of furan rings is 1. The van der Waals surface area contributed by atoms with Crippen LogP contribution in [0.5, 0.6) is 0 Å². The van der Waals surface area contributed by atoms with Crippen molar-refractivity contribution in [2.45, 2.75) is 26.8 Å². The summed E-state index contributed by atoms with van der Waals surface area (Å²) in [7, 11) is 0. The third-order valence-electron chi connectivity index (χ3n) is 5.90. The molecular formula is C25H26N4O2. The van der Waals surface area contributed by atoms with Crippen LogP contribution < -0.4 is 5.32 Å². The van der Waals surface area contributed by atoms with E-state index in [1.165, 1.54) is 11.1 Å². The normalized spacial score (nSPS) is 14.2. The highest BCUT2D eigenvalue weighted by molar-refractivity contribution is 5.93. The summed E-state index contributed by atoms with van der Waals surface area (Å²) in [6.45, 7) is 6.16. The molecule has 31 heavy (non-hydrogen) atoms. The Kier molecular flexibility index (Phi) is 6.06. The van der Waals surface area contributed by atoms with Gasteiger partial charge >= 0.3 is 0 Å². The van der Waals surface area contributed by atoms with E-state index in [0.717, 1.165) is 36.5 Å². The molecule has 0 bridgehead atoms. The first-order chi connectivity index (χ1) is 15.1. The van der Waals surface area contributed by atoms with Gasteiger partial charge in [0.25, 0.3) is 0 Å². The second-order valence-corrected chi connectivity index (χ2v) is 7.84. The largest absolute Gasteiger partial charge is 0.467 e. The van der Waals surface area contributed by atoms with E-state index in [2.05, 4.69) is 34.5 Å². The van der Waals surface area contributed by atoms with Gasteiger partial charge < -0.3 is 14.3 Å². The van der Waals surface area contributed by atoms with E-state index in [4.69, 9.17) is 4.42 Å². The van der Waals surface area contributed by atoms with Crippen molar-refractivity contribution in [2.24, 2.45) is 0 Å². The van der Waals surface area contributed by atoms with Crippen LogP contribution in [-0.2, 0) is 11.3 Å². The van der Waals surface area contributed by atoms with Crippen LogP contribution >= 0.6 is 0 Å². The molecule has 1 aliphatic rings. The monoisotopic (exact) mass is 414 g/mol. The van der Waals surface area contributed by atoms with E-state index in [1.54, 1.807) is 6.26 Å². The fourth-order valence-corrected chi connectivity index (χ4v) is 4.03. The van der Waals surface area contributed by atoms with Crippen molar-refractivity contribution in [2.75, 3.05) is 25.0 Å². The Morgan fingerprint density at radius 3 is 2.65 bits per heavy atom. The van der Waals surface area contributed by atoms with Crippen molar-refractivity contribution >= 4 is 17.3 Å². The average molecular weight is 415 g/mol. The van der Waals surface area contributed by atoms with Gasteiger partial charge in [-0.25, -0.2) is 0 Å². The Morgan fingerprint density at radius 1 is 1.19 bits per heavy atom. The minimum atomic E-state index is -0.119. The lowest BCUT2D eigenvalue weighted by Gasteiger charge is -2.26. The summed E-state index contributed by atoms with van der Waals surface area (Å²) in [5.41, 5.74) is 4.88. The molecular weight excluding hydrogens is 388 g/mol. The fourth-order valence-electron chi connectivity index (χ4n) is 4.03. The minimum absolute atomic E-state index is 0.119. The maximum atomic E-state index is 12.9. The van der Waals surface area contributed by atoms with Crippen LogP contribution in [0.25, 0.3) is 5.57 Å². The number of hydrogen-bond donors (Lipinski definition) is 1. The predicted octanol–water partition coefficient (Wildman–Crippen LogP) is 4.35. The first kappa shape index (κ1) is 20.7. The van der Waals surface area contributed by atoms with E-state index >= 15 is 0 Å². The maximum absolute atomic E-state index is 12.9. The molecule has 0 saturated carbocycles. The van der Waals surface area contributed by atoms with Crippen molar-refractivity contribution < 1.29 is 9.21 Å². The number of anilines is 1. The van der Waals surface area contributed by atoms with Crippen molar-refractivity contribution in [3.63, 3.8) is 0 Å². The van der Waals surface area contributed by atoms with Crippen molar-refractivity contribution in [1.82, 2.24) is 9.47 Å². The summed E-state index contributed by atoms with van der Waals surface area (Å²) in [4.78, 5) is 15.0. The summed E-state index contributed by atoms with van der Waals surface area (Å²) in [5.74, 6) is 1.19. The molecule has 3 heterocycles. The molecule has 1 aromatic carbocycles. The standard InChI is InChI=1S/C25H26N4O2/c1-18-19(2)29(16-22-9-6-14-31-22)25(23(18)15-26)27-24(30)17-28-12-10-21(11-13-28)20-7-4-3-5-8-20/h3-10,14H,11-13,16-17H2,1-2H3,(H,27,30). The molecule has 6 heteroatoms. The van der Waals surface area contributed by atoms with Crippen molar-refractivity contribution in [1.29, 1.82) is 5.26 Å². The van der Waals surface area contributed by atoms with Crippen LogP contribution in [0.2, 0.25) is 0 Å². The van der Waals surface area contributed by atoms with Crippen molar-refractivity contribution in [3.05, 3.63) is 82.9 Å². The van der Waals surface area contributed by atoms with Gasteiger partial charge in [-0.3, -0.25) is 9.69 Å². The second kappa shape index (κ2) is 9.07. The average Bonchev–Trinajstić information content (AvgIpc) is 3.38. The zero-order chi connectivity index (χ0) is 21.8. The number of rotatable bonds is 6. The SMILES string of the molecule is Cc1c(C#N)c(NC(=O)CN2CC=C(c3ccccc3)CC2)n(Cc2ccco2)c1C. The topological polar surface area (TPSA) is 74.2 Å². The third-order valence-corrected chi connectivity index (χ3v) is 5.90. The molecule has 1 N–H and O–H groups in total. The van der Waals surface area contributed by atoms with E-state index in [9.17, 15) is 10.1 Å². The van der Waals surface area contributed by atoms with Gasteiger partial charge in [0.1, 0.15) is 17.6 Å². The highest BCUT2D eigenvalue weighted by Gasteiger charge is 2.22. The molecule has 4 rings (SSSR count). The summed E-state index contributed by atoms with van der Waals surface area (Å²) in [5, 5.41) is 12.7. The van der Waals surface area contributed by atoms with Gasteiger partial charge in [0, 0.05) is 18.8 Å². The smallest absolute Gasteiger partial charge is 0.239 e. The molecule has 2 aromatic heterocycles.